The molecule has 2 aliphatic heterocycles. The zero-order chi connectivity index (χ0) is 15.4. The zero-order valence-electron chi connectivity index (χ0n) is 13.2. The molecular formula is C17H24ClN3O2. The first-order valence-electron chi connectivity index (χ1n) is 8.12. The van der Waals surface area contributed by atoms with Crippen molar-refractivity contribution in [2.45, 2.75) is 44.7 Å². The molecule has 0 radical (unpaired) electrons. The van der Waals surface area contributed by atoms with E-state index in [9.17, 15) is 9.59 Å². The third kappa shape index (κ3) is 4.69. The van der Waals surface area contributed by atoms with E-state index in [0.717, 1.165) is 43.6 Å². The zero-order valence-corrected chi connectivity index (χ0v) is 14.0. The Labute approximate surface area is 143 Å². The van der Waals surface area contributed by atoms with Crippen LogP contribution in [0.4, 0.5) is 5.69 Å². The molecule has 1 aromatic rings. The van der Waals surface area contributed by atoms with Crippen LogP contribution in [0.3, 0.4) is 0 Å². The molecule has 1 unspecified atom stereocenters. The first-order chi connectivity index (χ1) is 10.7. The number of hydrogen-bond acceptors (Lipinski definition) is 3. The summed E-state index contributed by atoms with van der Waals surface area (Å²) in [5.74, 6) is 0.295. The SMILES string of the molecule is Cl.O=C(CC1CCCN1)NCc1ccc(N2CCCC2=O)cc1. The van der Waals surface area contributed by atoms with Gasteiger partial charge in [-0.15, -0.1) is 12.4 Å². The van der Waals surface area contributed by atoms with Gasteiger partial charge >= 0.3 is 0 Å². The van der Waals surface area contributed by atoms with Gasteiger partial charge in [-0.25, -0.2) is 0 Å². The predicted octanol–water partition coefficient (Wildman–Crippen LogP) is 1.99. The summed E-state index contributed by atoms with van der Waals surface area (Å²) in [6.45, 7) is 2.37. The van der Waals surface area contributed by atoms with Crippen molar-refractivity contribution in [3.63, 3.8) is 0 Å². The maximum Gasteiger partial charge on any atom is 0.227 e. The van der Waals surface area contributed by atoms with Crippen LogP contribution in [0.5, 0.6) is 0 Å². The van der Waals surface area contributed by atoms with Crippen molar-refractivity contribution >= 4 is 29.9 Å². The molecule has 2 N–H and O–H groups in total. The van der Waals surface area contributed by atoms with Crippen molar-refractivity contribution in [2.24, 2.45) is 0 Å². The average molecular weight is 338 g/mol. The van der Waals surface area contributed by atoms with E-state index >= 15 is 0 Å². The molecule has 0 saturated carbocycles. The van der Waals surface area contributed by atoms with Crippen molar-refractivity contribution < 1.29 is 9.59 Å². The Kier molecular flexibility index (Phi) is 6.42. The van der Waals surface area contributed by atoms with E-state index in [1.807, 2.05) is 29.2 Å². The van der Waals surface area contributed by atoms with Gasteiger partial charge in [-0.3, -0.25) is 9.59 Å². The molecule has 2 aliphatic rings. The number of benzene rings is 1. The molecule has 2 heterocycles. The highest BCUT2D eigenvalue weighted by atomic mass is 35.5. The number of rotatable bonds is 5. The summed E-state index contributed by atoms with van der Waals surface area (Å²) in [4.78, 5) is 25.4. The smallest absolute Gasteiger partial charge is 0.227 e. The summed E-state index contributed by atoms with van der Waals surface area (Å²) in [6, 6.07) is 8.22. The fourth-order valence-corrected chi connectivity index (χ4v) is 3.14. The summed E-state index contributed by atoms with van der Waals surface area (Å²) < 4.78 is 0. The highest BCUT2D eigenvalue weighted by Crippen LogP contribution is 2.21. The van der Waals surface area contributed by atoms with Crippen molar-refractivity contribution in [2.75, 3.05) is 18.0 Å². The molecule has 5 nitrogen and oxygen atoms in total. The summed E-state index contributed by atoms with van der Waals surface area (Å²) in [7, 11) is 0. The average Bonchev–Trinajstić information content (AvgIpc) is 3.17. The van der Waals surface area contributed by atoms with Gasteiger partial charge in [0.05, 0.1) is 0 Å². The summed E-state index contributed by atoms with van der Waals surface area (Å²) in [5.41, 5.74) is 2.01. The van der Waals surface area contributed by atoms with Gasteiger partial charge < -0.3 is 15.5 Å². The molecule has 6 heteroatoms. The molecule has 3 rings (SSSR count). The number of amides is 2. The normalized spacial score (nSPS) is 20.4. The van der Waals surface area contributed by atoms with Crippen molar-refractivity contribution in [3.8, 4) is 0 Å². The van der Waals surface area contributed by atoms with E-state index in [2.05, 4.69) is 10.6 Å². The van der Waals surface area contributed by atoms with E-state index in [0.29, 0.717) is 25.4 Å². The standard InChI is InChI=1S/C17H23N3O2.ClH/c21-16(11-14-3-1-9-18-14)19-12-13-5-7-15(8-6-13)20-10-2-4-17(20)22;/h5-8,14,18H,1-4,9-12H2,(H,19,21);1H. The second-order valence-corrected chi connectivity index (χ2v) is 6.09. The Morgan fingerprint density at radius 1 is 1.26 bits per heavy atom. The van der Waals surface area contributed by atoms with Gasteiger partial charge in [0, 0.05) is 37.7 Å². The largest absolute Gasteiger partial charge is 0.352 e. The van der Waals surface area contributed by atoms with Crippen LogP contribution >= 0.6 is 12.4 Å². The molecule has 126 valence electrons. The number of carbonyl (C=O) groups excluding carboxylic acids is 2. The second-order valence-electron chi connectivity index (χ2n) is 6.09. The van der Waals surface area contributed by atoms with Gasteiger partial charge in [0.25, 0.3) is 0 Å². The molecule has 1 atom stereocenters. The summed E-state index contributed by atoms with van der Waals surface area (Å²) in [5, 5.41) is 6.29. The van der Waals surface area contributed by atoms with E-state index in [1.54, 1.807) is 0 Å². The maximum atomic E-state index is 11.9. The first kappa shape index (κ1) is 17.8. The van der Waals surface area contributed by atoms with E-state index in [-0.39, 0.29) is 24.2 Å². The highest BCUT2D eigenvalue weighted by molar-refractivity contribution is 5.95. The number of halogens is 1. The van der Waals surface area contributed by atoms with Gasteiger partial charge in [0.1, 0.15) is 0 Å². The molecular weight excluding hydrogens is 314 g/mol. The minimum Gasteiger partial charge on any atom is -0.352 e. The monoisotopic (exact) mass is 337 g/mol. The van der Waals surface area contributed by atoms with Gasteiger partial charge in [-0.05, 0) is 43.5 Å². The van der Waals surface area contributed by atoms with Crippen LogP contribution in [-0.4, -0.2) is 30.9 Å². The lowest BCUT2D eigenvalue weighted by Gasteiger charge is -2.16. The van der Waals surface area contributed by atoms with Crippen LogP contribution in [0.25, 0.3) is 0 Å². The molecule has 2 saturated heterocycles. The molecule has 2 amide bonds. The third-order valence-electron chi connectivity index (χ3n) is 4.41. The Morgan fingerprint density at radius 2 is 2.04 bits per heavy atom. The molecule has 0 spiro atoms. The summed E-state index contributed by atoms with van der Waals surface area (Å²) >= 11 is 0. The van der Waals surface area contributed by atoms with Crippen LogP contribution in [0.15, 0.2) is 24.3 Å². The molecule has 0 bridgehead atoms. The van der Waals surface area contributed by atoms with E-state index in [1.165, 1.54) is 0 Å². The molecule has 0 aromatic heterocycles. The quantitative estimate of drug-likeness (QED) is 0.863. The number of anilines is 1. The fraction of sp³-hybridized carbons (Fsp3) is 0.529. The van der Waals surface area contributed by atoms with Crippen LogP contribution in [0, 0.1) is 0 Å². The van der Waals surface area contributed by atoms with Gasteiger partial charge in [0.15, 0.2) is 0 Å². The molecule has 0 aliphatic carbocycles. The van der Waals surface area contributed by atoms with Crippen LogP contribution < -0.4 is 15.5 Å². The fourth-order valence-electron chi connectivity index (χ4n) is 3.14. The highest BCUT2D eigenvalue weighted by Gasteiger charge is 2.21. The second kappa shape index (κ2) is 8.31. The lowest BCUT2D eigenvalue weighted by atomic mass is 10.1. The Morgan fingerprint density at radius 3 is 2.65 bits per heavy atom. The number of nitrogens with one attached hydrogen (secondary N) is 2. The van der Waals surface area contributed by atoms with Gasteiger partial charge in [-0.1, -0.05) is 12.1 Å². The van der Waals surface area contributed by atoms with Crippen molar-refractivity contribution in [1.29, 1.82) is 0 Å². The topological polar surface area (TPSA) is 61.4 Å². The predicted molar refractivity (Wildman–Crippen MR) is 92.8 cm³/mol. The minimum absolute atomic E-state index is 0. The third-order valence-corrected chi connectivity index (χ3v) is 4.41. The van der Waals surface area contributed by atoms with Crippen LogP contribution in [-0.2, 0) is 16.1 Å². The Bertz CT molecular complexity index is 541. The number of carbonyl (C=O) groups is 2. The number of nitrogens with zero attached hydrogens (tertiary/aromatic N) is 1. The number of hydrogen-bond donors (Lipinski definition) is 2. The lowest BCUT2D eigenvalue weighted by molar-refractivity contribution is -0.121. The Balaban J connectivity index is 0.00000192. The Hall–Kier alpha value is -1.59. The molecule has 23 heavy (non-hydrogen) atoms. The lowest BCUT2D eigenvalue weighted by Crippen LogP contribution is -2.31. The summed E-state index contributed by atoms with van der Waals surface area (Å²) in [6.07, 6.45) is 4.39. The van der Waals surface area contributed by atoms with Gasteiger partial charge in [-0.2, -0.15) is 0 Å². The maximum absolute atomic E-state index is 11.9. The van der Waals surface area contributed by atoms with Crippen LogP contribution in [0.2, 0.25) is 0 Å². The van der Waals surface area contributed by atoms with Crippen LogP contribution in [0.1, 0.15) is 37.7 Å². The molecule has 1 aromatic carbocycles. The van der Waals surface area contributed by atoms with Crippen molar-refractivity contribution in [1.82, 2.24) is 10.6 Å². The molecule has 2 fully saturated rings. The van der Waals surface area contributed by atoms with E-state index in [4.69, 9.17) is 0 Å². The first-order valence-corrected chi connectivity index (χ1v) is 8.12. The van der Waals surface area contributed by atoms with Gasteiger partial charge in [0.2, 0.25) is 11.8 Å². The minimum atomic E-state index is 0. The van der Waals surface area contributed by atoms with Crippen molar-refractivity contribution in [3.05, 3.63) is 29.8 Å². The van der Waals surface area contributed by atoms with E-state index < -0.39 is 0 Å².